The summed E-state index contributed by atoms with van der Waals surface area (Å²) in [5, 5.41) is 18.2. The van der Waals surface area contributed by atoms with E-state index in [1.54, 1.807) is 11.0 Å². The van der Waals surface area contributed by atoms with Gasteiger partial charge in [-0.15, -0.1) is 0 Å². The molecule has 1 aliphatic rings. The number of amides is 1. The van der Waals surface area contributed by atoms with Crippen molar-refractivity contribution < 1.29 is 29.3 Å². The summed E-state index contributed by atoms with van der Waals surface area (Å²) in [6, 6.07) is 10.3. The second kappa shape index (κ2) is 7.26. The zero-order valence-corrected chi connectivity index (χ0v) is 13.8. The number of aromatic carboxylic acids is 2. The molecule has 2 aromatic carbocycles. The minimum Gasteiger partial charge on any atom is -0.478 e. The molecular formula is C19H17NO6. The van der Waals surface area contributed by atoms with E-state index in [-0.39, 0.29) is 17.0 Å². The van der Waals surface area contributed by atoms with Crippen molar-refractivity contribution in [3.8, 4) is 11.5 Å². The van der Waals surface area contributed by atoms with Gasteiger partial charge >= 0.3 is 11.9 Å². The first-order chi connectivity index (χ1) is 12.4. The number of rotatable bonds is 6. The van der Waals surface area contributed by atoms with E-state index in [0.29, 0.717) is 36.6 Å². The Balaban J connectivity index is 1.89. The van der Waals surface area contributed by atoms with Crippen LogP contribution in [0.15, 0.2) is 42.5 Å². The molecule has 0 radical (unpaired) electrons. The second-order valence-electron chi connectivity index (χ2n) is 5.98. The summed E-state index contributed by atoms with van der Waals surface area (Å²) in [5.41, 5.74) is 0.880. The second-order valence-corrected chi connectivity index (χ2v) is 5.98. The van der Waals surface area contributed by atoms with Crippen LogP contribution in [0.2, 0.25) is 0 Å². The van der Waals surface area contributed by atoms with E-state index in [2.05, 4.69) is 0 Å². The van der Waals surface area contributed by atoms with Crippen molar-refractivity contribution in [3.05, 3.63) is 59.2 Å². The molecule has 1 amide bonds. The molecule has 0 aliphatic carbocycles. The number of likely N-dealkylation sites (tertiary alicyclic amines) is 1. The van der Waals surface area contributed by atoms with Crippen molar-refractivity contribution in [2.45, 2.75) is 19.4 Å². The highest BCUT2D eigenvalue weighted by Crippen LogP contribution is 2.29. The van der Waals surface area contributed by atoms with E-state index in [1.165, 1.54) is 36.4 Å². The Morgan fingerprint density at radius 3 is 2.23 bits per heavy atom. The lowest BCUT2D eigenvalue weighted by Crippen LogP contribution is -2.24. The van der Waals surface area contributed by atoms with E-state index in [4.69, 9.17) is 9.84 Å². The lowest BCUT2D eigenvalue weighted by atomic mass is 10.1. The molecule has 0 saturated carbocycles. The molecule has 1 aliphatic heterocycles. The Morgan fingerprint density at radius 1 is 1.00 bits per heavy atom. The maximum atomic E-state index is 11.9. The van der Waals surface area contributed by atoms with Gasteiger partial charge in [-0.1, -0.05) is 6.07 Å². The molecule has 1 fully saturated rings. The molecule has 0 aromatic heterocycles. The maximum Gasteiger partial charge on any atom is 0.335 e. The average Bonchev–Trinajstić information content (AvgIpc) is 3.01. The molecular weight excluding hydrogens is 338 g/mol. The number of hydrogen-bond donors (Lipinski definition) is 2. The third kappa shape index (κ3) is 3.83. The Morgan fingerprint density at radius 2 is 1.65 bits per heavy atom. The topological polar surface area (TPSA) is 104 Å². The zero-order chi connectivity index (χ0) is 18.7. The van der Waals surface area contributed by atoms with Crippen LogP contribution in [0.25, 0.3) is 0 Å². The van der Waals surface area contributed by atoms with Gasteiger partial charge in [-0.2, -0.15) is 0 Å². The summed E-state index contributed by atoms with van der Waals surface area (Å²) in [5.74, 6) is -1.36. The van der Waals surface area contributed by atoms with E-state index in [9.17, 15) is 19.5 Å². The number of nitrogens with zero attached hydrogens (tertiary/aromatic N) is 1. The van der Waals surface area contributed by atoms with Gasteiger partial charge in [-0.25, -0.2) is 9.59 Å². The third-order valence-corrected chi connectivity index (χ3v) is 4.18. The molecule has 3 rings (SSSR count). The maximum absolute atomic E-state index is 11.9. The first kappa shape index (κ1) is 17.5. The molecule has 0 spiro atoms. The van der Waals surface area contributed by atoms with Crippen LogP contribution >= 0.6 is 0 Å². The Hall–Kier alpha value is -3.35. The fourth-order valence-electron chi connectivity index (χ4n) is 2.78. The largest absolute Gasteiger partial charge is 0.478 e. The third-order valence-electron chi connectivity index (χ3n) is 4.18. The Bertz CT molecular complexity index is 859. The summed E-state index contributed by atoms with van der Waals surface area (Å²) >= 11 is 0. The number of carboxylic acid groups (broad SMARTS) is 2. The lowest BCUT2D eigenvalue weighted by molar-refractivity contribution is -0.128. The summed E-state index contributed by atoms with van der Waals surface area (Å²) < 4.78 is 5.79. The highest BCUT2D eigenvalue weighted by molar-refractivity contribution is 5.88. The lowest BCUT2D eigenvalue weighted by Gasteiger charge is -2.18. The van der Waals surface area contributed by atoms with Crippen LogP contribution in [-0.4, -0.2) is 39.5 Å². The number of carbonyl (C=O) groups excluding carboxylic acids is 1. The van der Waals surface area contributed by atoms with E-state index < -0.39 is 11.9 Å². The standard InChI is InChI=1S/C19H17NO6/c21-17-2-1-9-20(17)11-14-4-3-13(19(24)25)10-16(14)26-15-7-5-12(6-8-15)18(22)23/h3-8,10H,1-2,9,11H2,(H,22,23)(H,24,25). The van der Waals surface area contributed by atoms with E-state index in [1.807, 2.05) is 0 Å². The quantitative estimate of drug-likeness (QED) is 0.825. The normalized spacial score (nSPS) is 13.7. The van der Waals surface area contributed by atoms with Crippen LogP contribution in [-0.2, 0) is 11.3 Å². The summed E-state index contributed by atoms with van der Waals surface area (Å²) in [7, 11) is 0. The molecule has 1 heterocycles. The van der Waals surface area contributed by atoms with Gasteiger partial charge in [0.15, 0.2) is 0 Å². The molecule has 134 valence electrons. The van der Waals surface area contributed by atoms with Gasteiger partial charge < -0.3 is 19.8 Å². The summed E-state index contributed by atoms with van der Waals surface area (Å²) in [6.07, 6.45) is 1.32. The first-order valence-electron chi connectivity index (χ1n) is 8.09. The molecule has 2 aromatic rings. The molecule has 2 N–H and O–H groups in total. The van der Waals surface area contributed by atoms with E-state index in [0.717, 1.165) is 6.42 Å². The number of benzene rings is 2. The Labute approximate surface area is 149 Å². The highest BCUT2D eigenvalue weighted by Gasteiger charge is 2.22. The van der Waals surface area contributed by atoms with Gasteiger partial charge in [0, 0.05) is 25.1 Å². The van der Waals surface area contributed by atoms with Gasteiger partial charge in [0.2, 0.25) is 5.91 Å². The molecule has 0 bridgehead atoms. The molecule has 7 heteroatoms. The predicted molar refractivity (Wildman–Crippen MR) is 91.5 cm³/mol. The van der Waals surface area contributed by atoms with Gasteiger partial charge in [0.05, 0.1) is 11.1 Å². The van der Waals surface area contributed by atoms with Crippen molar-refractivity contribution in [1.29, 1.82) is 0 Å². The van der Waals surface area contributed by atoms with Crippen molar-refractivity contribution >= 4 is 17.8 Å². The van der Waals surface area contributed by atoms with Crippen LogP contribution < -0.4 is 4.74 Å². The fourth-order valence-corrected chi connectivity index (χ4v) is 2.78. The van der Waals surface area contributed by atoms with Crippen molar-refractivity contribution in [2.24, 2.45) is 0 Å². The van der Waals surface area contributed by atoms with Gasteiger partial charge in [0.1, 0.15) is 11.5 Å². The van der Waals surface area contributed by atoms with Gasteiger partial charge in [-0.05, 0) is 42.8 Å². The monoisotopic (exact) mass is 355 g/mol. The minimum atomic E-state index is -1.08. The minimum absolute atomic E-state index is 0.0593. The number of carboxylic acids is 2. The summed E-state index contributed by atoms with van der Waals surface area (Å²) in [4.78, 5) is 35.7. The molecule has 0 atom stereocenters. The Kier molecular flexibility index (Phi) is 4.88. The molecule has 0 unspecified atom stereocenters. The van der Waals surface area contributed by atoms with Crippen LogP contribution in [0.3, 0.4) is 0 Å². The smallest absolute Gasteiger partial charge is 0.335 e. The van der Waals surface area contributed by atoms with Crippen molar-refractivity contribution in [3.63, 3.8) is 0 Å². The fraction of sp³-hybridized carbons (Fsp3) is 0.211. The first-order valence-corrected chi connectivity index (χ1v) is 8.09. The number of ether oxygens (including phenoxy) is 1. The molecule has 7 nitrogen and oxygen atoms in total. The molecule has 1 saturated heterocycles. The number of hydrogen-bond acceptors (Lipinski definition) is 4. The SMILES string of the molecule is O=C(O)c1ccc(Oc2cc(C(=O)O)ccc2CN2CCCC2=O)cc1. The van der Waals surface area contributed by atoms with Crippen LogP contribution in [0.5, 0.6) is 11.5 Å². The predicted octanol–water partition coefficient (Wildman–Crippen LogP) is 3.00. The van der Waals surface area contributed by atoms with Crippen LogP contribution in [0.4, 0.5) is 0 Å². The van der Waals surface area contributed by atoms with Gasteiger partial charge in [-0.3, -0.25) is 4.79 Å². The average molecular weight is 355 g/mol. The van der Waals surface area contributed by atoms with Crippen molar-refractivity contribution in [2.75, 3.05) is 6.54 Å². The van der Waals surface area contributed by atoms with Crippen LogP contribution in [0, 0.1) is 0 Å². The highest BCUT2D eigenvalue weighted by atomic mass is 16.5. The summed E-state index contributed by atoms with van der Waals surface area (Å²) in [6.45, 7) is 0.994. The zero-order valence-electron chi connectivity index (χ0n) is 13.8. The van der Waals surface area contributed by atoms with Gasteiger partial charge in [0.25, 0.3) is 0 Å². The molecule has 26 heavy (non-hydrogen) atoms. The van der Waals surface area contributed by atoms with Crippen LogP contribution in [0.1, 0.15) is 39.1 Å². The number of carbonyl (C=O) groups is 3. The van der Waals surface area contributed by atoms with Crippen molar-refractivity contribution in [1.82, 2.24) is 4.90 Å². The van der Waals surface area contributed by atoms with E-state index >= 15 is 0 Å².